The lowest BCUT2D eigenvalue weighted by Crippen LogP contribution is -2.15. The van der Waals surface area contributed by atoms with E-state index in [1.807, 2.05) is 0 Å². The highest BCUT2D eigenvalue weighted by Gasteiger charge is 2.19. The number of methoxy groups -OCH3 is 1. The Morgan fingerprint density at radius 2 is 2.03 bits per heavy atom. The molecule has 0 unspecified atom stereocenters. The summed E-state index contributed by atoms with van der Waals surface area (Å²) >= 11 is 0. The number of rotatable bonds is 5. The molecule has 0 saturated heterocycles. The summed E-state index contributed by atoms with van der Waals surface area (Å²) in [6.45, 7) is 0. The molecular weight excluding hydrogens is 372 g/mol. The van der Waals surface area contributed by atoms with Gasteiger partial charge in [-0.1, -0.05) is 24.3 Å². The Balaban J connectivity index is 2.05. The van der Waals surface area contributed by atoms with Crippen molar-refractivity contribution in [2.45, 2.75) is 0 Å². The minimum Gasteiger partial charge on any atom is -0.495 e. The fourth-order valence-electron chi connectivity index (χ4n) is 3.04. The third-order valence-corrected chi connectivity index (χ3v) is 4.31. The Morgan fingerprint density at radius 3 is 2.79 bits per heavy atom. The highest BCUT2D eigenvalue weighted by molar-refractivity contribution is 5.91. The lowest BCUT2D eigenvalue weighted by molar-refractivity contribution is -0.105. The van der Waals surface area contributed by atoms with Crippen LogP contribution in [0.2, 0.25) is 0 Å². The Bertz CT molecular complexity index is 1330. The molecule has 0 spiro atoms. The van der Waals surface area contributed by atoms with E-state index in [0.717, 1.165) is 0 Å². The molecule has 2 aromatic carbocycles. The number of carbonyl (C=O) groups excluding carboxylic acids is 1. The predicted octanol–water partition coefficient (Wildman–Crippen LogP) is 2.22. The quantitative estimate of drug-likeness (QED) is 0.507. The van der Waals surface area contributed by atoms with Crippen LogP contribution in [0.5, 0.6) is 5.75 Å². The third-order valence-electron chi connectivity index (χ3n) is 4.31. The number of ether oxygens (including phenoxy) is 1. The second-order valence-electron chi connectivity index (χ2n) is 5.99. The number of nitriles is 1. The second kappa shape index (κ2) is 7.28. The Labute approximate surface area is 164 Å². The number of benzene rings is 2. The van der Waals surface area contributed by atoms with E-state index in [2.05, 4.69) is 26.3 Å². The molecule has 2 aromatic heterocycles. The normalized spacial score (nSPS) is 10.5. The maximum Gasteiger partial charge on any atom is 0.332 e. The van der Waals surface area contributed by atoms with Crippen molar-refractivity contribution < 1.29 is 9.53 Å². The van der Waals surface area contributed by atoms with Crippen LogP contribution in [0.25, 0.3) is 28.2 Å². The molecular formula is C20H14N6O3. The van der Waals surface area contributed by atoms with Crippen molar-refractivity contribution in [3.63, 3.8) is 0 Å². The molecule has 0 aliphatic carbocycles. The van der Waals surface area contributed by atoms with Crippen LogP contribution in [0.15, 0.2) is 53.3 Å². The summed E-state index contributed by atoms with van der Waals surface area (Å²) in [7, 11) is 1.51. The summed E-state index contributed by atoms with van der Waals surface area (Å²) in [5.74, 6) is 0.877. The lowest BCUT2D eigenvalue weighted by atomic mass is 10.1. The number of hydrogen-bond acceptors (Lipinski definition) is 6. The number of fused-ring (bicyclic) bond motifs is 1. The van der Waals surface area contributed by atoms with Crippen molar-refractivity contribution in [2.24, 2.45) is 0 Å². The minimum absolute atomic E-state index is 0.146. The zero-order valence-corrected chi connectivity index (χ0v) is 15.2. The number of aromatic amines is 1. The molecule has 0 atom stereocenters. The van der Waals surface area contributed by atoms with Crippen LogP contribution in [0.3, 0.4) is 0 Å². The van der Waals surface area contributed by atoms with Gasteiger partial charge in [0.2, 0.25) is 6.41 Å². The van der Waals surface area contributed by atoms with E-state index >= 15 is 0 Å². The van der Waals surface area contributed by atoms with Crippen molar-refractivity contribution in [1.82, 2.24) is 19.5 Å². The van der Waals surface area contributed by atoms with Crippen molar-refractivity contribution in [3.8, 4) is 28.9 Å². The second-order valence-corrected chi connectivity index (χ2v) is 5.99. The number of nitrogens with one attached hydrogen (secondary N) is 2. The molecule has 2 heterocycles. The lowest BCUT2D eigenvalue weighted by Gasteiger charge is -2.10. The molecule has 1 amide bonds. The number of para-hydroxylation sites is 2. The van der Waals surface area contributed by atoms with Crippen LogP contribution < -0.4 is 15.7 Å². The van der Waals surface area contributed by atoms with E-state index in [4.69, 9.17) is 10.00 Å². The molecule has 0 bridgehead atoms. The van der Waals surface area contributed by atoms with Crippen molar-refractivity contribution in [3.05, 3.63) is 64.6 Å². The summed E-state index contributed by atoms with van der Waals surface area (Å²) in [5, 5.41) is 11.7. The van der Waals surface area contributed by atoms with E-state index in [1.54, 1.807) is 48.5 Å². The molecule has 4 rings (SSSR count). The van der Waals surface area contributed by atoms with Gasteiger partial charge >= 0.3 is 5.69 Å². The summed E-state index contributed by atoms with van der Waals surface area (Å²) in [4.78, 5) is 35.4. The molecule has 0 aliphatic heterocycles. The van der Waals surface area contributed by atoms with Gasteiger partial charge in [-0.25, -0.2) is 19.3 Å². The van der Waals surface area contributed by atoms with Gasteiger partial charge in [-0.05, 0) is 24.3 Å². The zero-order valence-electron chi connectivity index (χ0n) is 15.2. The van der Waals surface area contributed by atoms with E-state index in [0.29, 0.717) is 29.0 Å². The van der Waals surface area contributed by atoms with Crippen LogP contribution >= 0.6 is 0 Å². The molecule has 0 radical (unpaired) electrons. The van der Waals surface area contributed by atoms with Crippen LogP contribution in [0, 0.1) is 11.3 Å². The topological polar surface area (TPSA) is 126 Å². The Kier molecular flexibility index (Phi) is 4.50. The van der Waals surface area contributed by atoms with Crippen LogP contribution in [-0.4, -0.2) is 33.0 Å². The average molecular weight is 386 g/mol. The van der Waals surface area contributed by atoms with Gasteiger partial charge in [0, 0.05) is 5.56 Å². The summed E-state index contributed by atoms with van der Waals surface area (Å²) in [5.41, 5.74) is 1.56. The number of carbonyl (C=O) groups is 1. The van der Waals surface area contributed by atoms with Crippen LogP contribution in [0.1, 0.15) is 5.56 Å². The molecule has 0 saturated carbocycles. The van der Waals surface area contributed by atoms with Gasteiger partial charge in [0.25, 0.3) is 0 Å². The SMILES string of the molecule is COc1ccccc1-n1c(=O)[nH]c2c(NC=O)nc(-c3cccc(C#N)c3)nc21. The number of imidazole rings is 1. The van der Waals surface area contributed by atoms with Crippen LogP contribution in [-0.2, 0) is 4.79 Å². The van der Waals surface area contributed by atoms with Gasteiger partial charge in [-0.2, -0.15) is 5.26 Å². The molecule has 0 fully saturated rings. The first kappa shape index (κ1) is 17.9. The van der Waals surface area contributed by atoms with E-state index in [-0.39, 0.29) is 22.8 Å². The number of hydrogen-bond donors (Lipinski definition) is 2. The van der Waals surface area contributed by atoms with Gasteiger partial charge in [-0.15, -0.1) is 0 Å². The third kappa shape index (κ3) is 3.08. The zero-order chi connectivity index (χ0) is 20.4. The monoisotopic (exact) mass is 386 g/mol. The smallest absolute Gasteiger partial charge is 0.332 e. The number of anilines is 1. The van der Waals surface area contributed by atoms with E-state index < -0.39 is 5.69 Å². The molecule has 9 heteroatoms. The van der Waals surface area contributed by atoms with Gasteiger partial charge in [0.15, 0.2) is 17.3 Å². The predicted molar refractivity (Wildman–Crippen MR) is 106 cm³/mol. The highest BCUT2D eigenvalue weighted by atomic mass is 16.5. The molecule has 0 aliphatic rings. The maximum atomic E-state index is 12.7. The first-order valence-electron chi connectivity index (χ1n) is 8.53. The maximum absolute atomic E-state index is 12.7. The number of H-pyrrole nitrogens is 1. The first-order chi connectivity index (χ1) is 14.2. The molecule has 142 valence electrons. The molecule has 29 heavy (non-hydrogen) atoms. The summed E-state index contributed by atoms with van der Waals surface area (Å²) in [6.07, 6.45) is 0.468. The van der Waals surface area contributed by atoms with E-state index in [1.165, 1.54) is 11.7 Å². The van der Waals surface area contributed by atoms with Gasteiger partial charge < -0.3 is 15.0 Å². The largest absolute Gasteiger partial charge is 0.495 e. The summed E-state index contributed by atoms with van der Waals surface area (Å²) in [6, 6.07) is 15.8. The van der Waals surface area contributed by atoms with Crippen molar-refractivity contribution in [1.29, 1.82) is 5.26 Å². The fourth-order valence-corrected chi connectivity index (χ4v) is 3.04. The van der Waals surface area contributed by atoms with Gasteiger partial charge in [0.1, 0.15) is 11.3 Å². The van der Waals surface area contributed by atoms with Gasteiger partial charge in [0.05, 0.1) is 24.4 Å². The minimum atomic E-state index is -0.462. The Morgan fingerprint density at radius 1 is 1.21 bits per heavy atom. The first-order valence-corrected chi connectivity index (χ1v) is 8.53. The Hall–Kier alpha value is -4.45. The molecule has 9 nitrogen and oxygen atoms in total. The standard InChI is InChI=1S/C20H14N6O3/c1-29-15-8-3-2-7-14(15)26-19-16(23-20(26)28)18(22-11-27)24-17(25-19)13-6-4-5-12(9-13)10-21/h2-9,11H,1H3,(H,23,28)(H,22,24,25,27). The number of aromatic nitrogens is 4. The molecule has 4 aromatic rings. The van der Waals surface area contributed by atoms with Gasteiger partial charge in [-0.3, -0.25) is 4.79 Å². The highest BCUT2D eigenvalue weighted by Crippen LogP contribution is 2.28. The number of nitrogens with zero attached hydrogens (tertiary/aromatic N) is 4. The summed E-state index contributed by atoms with van der Waals surface area (Å²) < 4.78 is 6.72. The van der Waals surface area contributed by atoms with Crippen molar-refractivity contribution in [2.75, 3.05) is 12.4 Å². The van der Waals surface area contributed by atoms with Crippen molar-refractivity contribution >= 4 is 23.4 Å². The van der Waals surface area contributed by atoms with E-state index in [9.17, 15) is 9.59 Å². The van der Waals surface area contributed by atoms with Crippen LogP contribution in [0.4, 0.5) is 5.82 Å². The number of amides is 1. The fraction of sp³-hybridized carbons (Fsp3) is 0.0500. The average Bonchev–Trinajstić information content (AvgIpc) is 3.09. The molecule has 2 N–H and O–H groups in total.